The van der Waals surface area contributed by atoms with Crippen LogP contribution in [0.2, 0.25) is 0 Å². The SMILES string of the molecule is CN(C)C.O=C(O)C(Cl)(Cl)Cl. The van der Waals surface area contributed by atoms with Gasteiger partial charge in [0.25, 0.3) is 3.79 Å². The van der Waals surface area contributed by atoms with E-state index < -0.39 is 9.76 Å². The molecule has 0 bridgehead atoms. The Balaban J connectivity index is 0. The highest BCUT2D eigenvalue weighted by atomic mass is 35.6. The van der Waals surface area contributed by atoms with Crippen molar-refractivity contribution in [2.75, 3.05) is 21.1 Å². The summed E-state index contributed by atoms with van der Waals surface area (Å²) in [4.78, 5) is 11.6. The van der Waals surface area contributed by atoms with Crippen molar-refractivity contribution in [3.63, 3.8) is 0 Å². The van der Waals surface area contributed by atoms with Gasteiger partial charge in [0.2, 0.25) is 0 Å². The van der Waals surface area contributed by atoms with E-state index in [1.165, 1.54) is 0 Å². The lowest BCUT2D eigenvalue weighted by Gasteiger charge is -1.99. The summed E-state index contributed by atoms with van der Waals surface area (Å²) in [5.74, 6) is -1.46. The molecule has 0 aromatic carbocycles. The average molecular weight is 222 g/mol. The number of halogens is 3. The second-order valence-electron chi connectivity index (χ2n) is 2.14. The predicted octanol–water partition coefficient (Wildman–Crippen LogP) is 1.62. The number of aliphatic carboxylic acids is 1. The van der Waals surface area contributed by atoms with Crippen molar-refractivity contribution >= 4 is 40.8 Å². The van der Waals surface area contributed by atoms with E-state index in [0.29, 0.717) is 0 Å². The summed E-state index contributed by atoms with van der Waals surface area (Å²) in [6.07, 6.45) is 0. The third-order valence-electron chi connectivity index (χ3n) is 0.243. The van der Waals surface area contributed by atoms with E-state index in [2.05, 4.69) is 0 Å². The zero-order valence-corrected chi connectivity index (χ0v) is 8.70. The molecule has 68 valence electrons. The molecule has 0 heterocycles. The second-order valence-corrected chi connectivity index (χ2v) is 4.43. The van der Waals surface area contributed by atoms with Crippen LogP contribution in [0.4, 0.5) is 0 Å². The summed E-state index contributed by atoms with van der Waals surface area (Å²) in [6, 6.07) is 0. The third-order valence-corrected chi connectivity index (χ3v) is 0.728. The summed E-state index contributed by atoms with van der Waals surface area (Å²) in [7, 11) is 6.00. The fourth-order valence-electron chi connectivity index (χ4n) is 0. The Kier molecular flexibility index (Phi) is 7.42. The van der Waals surface area contributed by atoms with Gasteiger partial charge in [-0.25, -0.2) is 4.79 Å². The summed E-state index contributed by atoms with van der Waals surface area (Å²) in [6.45, 7) is 0. The summed E-state index contributed by atoms with van der Waals surface area (Å²) in [5, 5.41) is 7.85. The standard InChI is InChI=1S/C3H9N.C2HCl3O2/c1-4(2)3;3-2(4,5)1(6)7/h1-3H3;(H,6,7). The van der Waals surface area contributed by atoms with Crippen LogP contribution >= 0.6 is 34.8 Å². The number of alkyl halides is 3. The number of carboxylic acids is 1. The molecule has 0 atom stereocenters. The van der Waals surface area contributed by atoms with Crippen molar-refractivity contribution in [2.45, 2.75) is 3.79 Å². The molecule has 0 spiro atoms. The first kappa shape index (κ1) is 13.9. The predicted molar refractivity (Wildman–Crippen MR) is 47.5 cm³/mol. The van der Waals surface area contributed by atoms with Crippen LogP contribution in [0, 0.1) is 0 Å². The van der Waals surface area contributed by atoms with E-state index in [-0.39, 0.29) is 0 Å². The van der Waals surface area contributed by atoms with Crippen molar-refractivity contribution in [1.82, 2.24) is 4.90 Å². The molecule has 0 aromatic rings. The Bertz CT molecular complexity index is 119. The first-order chi connectivity index (χ1) is 4.68. The van der Waals surface area contributed by atoms with Gasteiger partial charge in [0, 0.05) is 0 Å². The second kappa shape index (κ2) is 5.89. The van der Waals surface area contributed by atoms with E-state index in [9.17, 15) is 4.79 Å². The molecule has 0 amide bonds. The van der Waals surface area contributed by atoms with Gasteiger partial charge in [-0.2, -0.15) is 0 Å². The summed E-state index contributed by atoms with van der Waals surface area (Å²) >= 11 is 14.4. The highest BCUT2D eigenvalue weighted by Crippen LogP contribution is 2.25. The van der Waals surface area contributed by atoms with E-state index in [4.69, 9.17) is 39.9 Å². The maximum Gasteiger partial charge on any atom is 0.356 e. The van der Waals surface area contributed by atoms with Crippen LogP contribution in [0.25, 0.3) is 0 Å². The van der Waals surface area contributed by atoms with Gasteiger partial charge in [-0.15, -0.1) is 0 Å². The Morgan fingerprint density at radius 3 is 1.36 bits per heavy atom. The van der Waals surface area contributed by atoms with Gasteiger partial charge in [0.15, 0.2) is 0 Å². The van der Waals surface area contributed by atoms with Gasteiger partial charge in [0.1, 0.15) is 0 Å². The fourth-order valence-corrected chi connectivity index (χ4v) is 0. The van der Waals surface area contributed by atoms with Crippen LogP contribution in [0.15, 0.2) is 0 Å². The monoisotopic (exact) mass is 221 g/mol. The third kappa shape index (κ3) is 17.9. The van der Waals surface area contributed by atoms with Crippen LogP contribution in [-0.4, -0.2) is 40.9 Å². The lowest BCUT2D eigenvalue weighted by molar-refractivity contribution is -0.135. The van der Waals surface area contributed by atoms with E-state index in [1.807, 2.05) is 26.0 Å². The smallest absolute Gasteiger partial charge is 0.356 e. The largest absolute Gasteiger partial charge is 0.478 e. The number of hydrogen-bond acceptors (Lipinski definition) is 2. The van der Waals surface area contributed by atoms with E-state index >= 15 is 0 Å². The molecule has 0 radical (unpaired) electrons. The highest BCUT2D eigenvalue weighted by Gasteiger charge is 2.29. The number of nitrogens with zero attached hydrogens (tertiary/aromatic N) is 1. The Morgan fingerprint density at radius 2 is 1.36 bits per heavy atom. The van der Waals surface area contributed by atoms with Gasteiger partial charge < -0.3 is 10.0 Å². The van der Waals surface area contributed by atoms with Gasteiger partial charge in [-0.05, 0) is 21.1 Å². The van der Waals surface area contributed by atoms with Crippen molar-refractivity contribution in [2.24, 2.45) is 0 Å². The van der Waals surface area contributed by atoms with Crippen LogP contribution in [0.5, 0.6) is 0 Å². The highest BCUT2D eigenvalue weighted by molar-refractivity contribution is 6.75. The minimum Gasteiger partial charge on any atom is -0.478 e. The van der Waals surface area contributed by atoms with Crippen LogP contribution in [-0.2, 0) is 4.79 Å². The Morgan fingerprint density at radius 1 is 1.27 bits per heavy atom. The lowest BCUT2D eigenvalue weighted by Crippen LogP contribution is -2.16. The average Bonchev–Trinajstić information content (AvgIpc) is 1.59. The number of hydrogen-bond donors (Lipinski definition) is 1. The molecule has 0 saturated carbocycles. The molecular formula is C5H10Cl3NO2. The molecule has 0 aliphatic carbocycles. The van der Waals surface area contributed by atoms with Crippen LogP contribution in [0.1, 0.15) is 0 Å². The molecule has 11 heavy (non-hydrogen) atoms. The zero-order valence-electron chi connectivity index (χ0n) is 6.44. The Labute approximate surface area is 80.8 Å². The molecule has 0 fully saturated rings. The summed E-state index contributed by atoms with van der Waals surface area (Å²) < 4.78 is -2.17. The minimum absolute atomic E-state index is 1.46. The molecule has 1 N–H and O–H groups in total. The normalized spacial score (nSPS) is 10.5. The lowest BCUT2D eigenvalue weighted by atomic mass is 10.8. The zero-order chi connectivity index (χ0) is 9.65. The molecule has 0 aliphatic heterocycles. The molecule has 0 unspecified atom stereocenters. The van der Waals surface area contributed by atoms with Gasteiger partial charge in [-0.1, -0.05) is 34.8 Å². The first-order valence-corrected chi connectivity index (χ1v) is 3.72. The molecule has 3 nitrogen and oxygen atoms in total. The van der Waals surface area contributed by atoms with Gasteiger partial charge in [0.05, 0.1) is 0 Å². The van der Waals surface area contributed by atoms with Crippen molar-refractivity contribution in [3.05, 3.63) is 0 Å². The molecule has 0 rings (SSSR count). The number of carbonyl (C=O) groups is 1. The van der Waals surface area contributed by atoms with E-state index in [0.717, 1.165) is 0 Å². The molecule has 0 saturated heterocycles. The fraction of sp³-hybridized carbons (Fsp3) is 0.800. The number of rotatable bonds is 0. The van der Waals surface area contributed by atoms with Gasteiger partial charge >= 0.3 is 5.97 Å². The molecular weight excluding hydrogens is 212 g/mol. The maximum absolute atomic E-state index is 9.62. The first-order valence-electron chi connectivity index (χ1n) is 2.59. The Hall–Kier alpha value is 0.300. The minimum atomic E-state index is -2.17. The molecule has 0 aliphatic rings. The van der Waals surface area contributed by atoms with Crippen molar-refractivity contribution < 1.29 is 9.90 Å². The van der Waals surface area contributed by atoms with Crippen molar-refractivity contribution in [1.29, 1.82) is 0 Å². The van der Waals surface area contributed by atoms with Crippen LogP contribution in [0.3, 0.4) is 0 Å². The quantitative estimate of drug-likeness (QED) is 0.633. The van der Waals surface area contributed by atoms with Gasteiger partial charge in [-0.3, -0.25) is 0 Å². The topological polar surface area (TPSA) is 40.5 Å². The van der Waals surface area contributed by atoms with Crippen LogP contribution < -0.4 is 0 Å². The molecule has 0 aromatic heterocycles. The maximum atomic E-state index is 9.62. The van der Waals surface area contributed by atoms with Crippen molar-refractivity contribution in [3.8, 4) is 0 Å². The van der Waals surface area contributed by atoms with E-state index in [1.54, 1.807) is 0 Å². The molecule has 6 heteroatoms. The summed E-state index contributed by atoms with van der Waals surface area (Å²) in [5.41, 5.74) is 0. The number of carboxylic acid groups (broad SMARTS) is 1.